The zero-order valence-corrected chi connectivity index (χ0v) is 14.7. The van der Waals surface area contributed by atoms with Crippen molar-refractivity contribution < 1.29 is 9.53 Å². The predicted octanol–water partition coefficient (Wildman–Crippen LogP) is 2.34. The summed E-state index contributed by atoms with van der Waals surface area (Å²) in [6, 6.07) is 0.455. The molecule has 0 aliphatic heterocycles. The van der Waals surface area contributed by atoms with Crippen LogP contribution in [0.1, 0.15) is 32.6 Å². The minimum atomic E-state index is -0.237. The molecule has 6 nitrogen and oxygen atoms in total. The summed E-state index contributed by atoms with van der Waals surface area (Å²) in [5.41, 5.74) is 1.04. The Hall–Kier alpha value is -1.21. The third-order valence-corrected chi connectivity index (χ3v) is 4.48. The lowest BCUT2D eigenvalue weighted by Gasteiger charge is -2.32. The summed E-state index contributed by atoms with van der Waals surface area (Å²) >= 11 is 3.25. The highest BCUT2D eigenvalue weighted by Crippen LogP contribution is 2.26. The molecule has 0 atom stereocenters. The highest BCUT2D eigenvalue weighted by Gasteiger charge is 2.22. The first-order valence-electron chi connectivity index (χ1n) is 7.60. The Morgan fingerprint density at radius 2 is 2.00 bits per heavy atom. The number of nitrogens with one attached hydrogen (secondary N) is 1. The smallest absolute Gasteiger partial charge is 0.303 e. The van der Waals surface area contributed by atoms with Gasteiger partial charge < -0.3 is 9.64 Å². The van der Waals surface area contributed by atoms with E-state index in [1.54, 1.807) is 0 Å². The first kappa shape index (κ1) is 17.1. The van der Waals surface area contributed by atoms with Crippen molar-refractivity contribution in [3.8, 4) is 0 Å². The van der Waals surface area contributed by atoms with Crippen LogP contribution in [-0.2, 0) is 9.53 Å². The molecular weight excluding hydrogens is 348 g/mol. The SMILES string of the molecule is CC(=O)OCNC1CCC(CN(C)c2cnc(Br)nc2)CC1. The molecule has 1 aliphatic rings. The number of nitrogens with zero attached hydrogens (tertiary/aromatic N) is 3. The quantitative estimate of drug-likeness (QED) is 0.470. The van der Waals surface area contributed by atoms with E-state index in [4.69, 9.17) is 4.74 Å². The monoisotopic (exact) mass is 370 g/mol. The average molecular weight is 371 g/mol. The van der Waals surface area contributed by atoms with E-state index in [1.807, 2.05) is 12.4 Å². The molecular formula is C15H23BrN4O2. The van der Waals surface area contributed by atoms with Gasteiger partial charge in [-0.15, -0.1) is 0 Å². The Bertz CT molecular complexity index is 475. The fourth-order valence-corrected chi connectivity index (χ4v) is 3.01. The van der Waals surface area contributed by atoms with Crippen LogP contribution in [0.2, 0.25) is 0 Å². The molecule has 1 N–H and O–H groups in total. The largest absolute Gasteiger partial charge is 0.450 e. The minimum Gasteiger partial charge on any atom is -0.450 e. The van der Waals surface area contributed by atoms with Crippen molar-refractivity contribution in [2.45, 2.75) is 38.6 Å². The summed E-state index contributed by atoms with van der Waals surface area (Å²) in [7, 11) is 2.08. The molecule has 1 fully saturated rings. The molecule has 122 valence electrons. The second kappa shape index (κ2) is 8.43. The van der Waals surface area contributed by atoms with Gasteiger partial charge in [0.15, 0.2) is 4.73 Å². The van der Waals surface area contributed by atoms with Crippen LogP contribution in [0, 0.1) is 5.92 Å². The third-order valence-electron chi connectivity index (χ3n) is 4.07. The highest BCUT2D eigenvalue weighted by molar-refractivity contribution is 9.10. The normalized spacial score (nSPS) is 21.4. The topological polar surface area (TPSA) is 67.3 Å². The molecule has 0 bridgehead atoms. The average Bonchev–Trinajstić information content (AvgIpc) is 2.49. The Morgan fingerprint density at radius 1 is 1.36 bits per heavy atom. The summed E-state index contributed by atoms with van der Waals surface area (Å²) in [5, 5.41) is 3.28. The molecule has 0 amide bonds. The van der Waals surface area contributed by atoms with E-state index in [1.165, 1.54) is 19.8 Å². The van der Waals surface area contributed by atoms with Gasteiger partial charge in [0, 0.05) is 26.6 Å². The van der Waals surface area contributed by atoms with E-state index in [0.29, 0.717) is 23.4 Å². The predicted molar refractivity (Wildman–Crippen MR) is 88.5 cm³/mol. The number of ether oxygens (including phenoxy) is 1. The van der Waals surface area contributed by atoms with E-state index < -0.39 is 0 Å². The lowest BCUT2D eigenvalue weighted by molar-refractivity contribution is -0.142. The zero-order valence-electron chi connectivity index (χ0n) is 13.1. The Labute approximate surface area is 139 Å². The van der Waals surface area contributed by atoms with Gasteiger partial charge in [-0.3, -0.25) is 10.1 Å². The van der Waals surface area contributed by atoms with Crippen LogP contribution in [0.25, 0.3) is 0 Å². The summed E-state index contributed by atoms with van der Waals surface area (Å²) in [6.07, 6.45) is 8.28. The van der Waals surface area contributed by atoms with Crippen molar-refractivity contribution in [1.82, 2.24) is 15.3 Å². The van der Waals surface area contributed by atoms with Crippen LogP contribution in [0.5, 0.6) is 0 Å². The first-order valence-corrected chi connectivity index (χ1v) is 8.39. The fraction of sp³-hybridized carbons (Fsp3) is 0.667. The second-order valence-electron chi connectivity index (χ2n) is 5.79. The molecule has 0 radical (unpaired) electrons. The number of esters is 1. The molecule has 1 aromatic heterocycles. The minimum absolute atomic E-state index is 0.237. The molecule has 0 spiro atoms. The van der Waals surface area contributed by atoms with Crippen molar-refractivity contribution in [3.05, 3.63) is 17.1 Å². The summed E-state index contributed by atoms with van der Waals surface area (Å²) in [6.45, 7) is 2.77. The van der Waals surface area contributed by atoms with Gasteiger partial charge in [0.05, 0.1) is 18.1 Å². The number of anilines is 1. The van der Waals surface area contributed by atoms with E-state index in [2.05, 4.69) is 43.2 Å². The van der Waals surface area contributed by atoms with Crippen molar-refractivity contribution in [2.75, 3.05) is 25.2 Å². The standard InChI is InChI=1S/C15H23BrN4O2/c1-11(21)22-10-19-13-5-3-12(4-6-13)9-20(2)14-7-17-15(16)18-8-14/h7-8,12-13,19H,3-6,9-10H2,1-2H3. The van der Waals surface area contributed by atoms with Crippen molar-refractivity contribution in [2.24, 2.45) is 5.92 Å². The maximum Gasteiger partial charge on any atom is 0.303 e. The Morgan fingerprint density at radius 3 is 2.59 bits per heavy atom. The molecule has 22 heavy (non-hydrogen) atoms. The zero-order chi connectivity index (χ0) is 15.9. The van der Waals surface area contributed by atoms with E-state index in [-0.39, 0.29) is 5.97 Å². The molecule has 7 heteroatoms. The van der Waals surface area contributed by atoms with Gasteiger partial charge in [-0.05, 0) is 47.5 Å². The summed E-state index contributed by atoms with van der Waals surface area (Å²) in [5.74, 6) is 0.444. The van der Waals surface area contributed by atoms with Crippen LogP contribution < -0.4 is 10.2 Å². The van der Waals surface area contributed by atoms with Crippen LogP contribution in [0.4, 0.5) is 5.69 Å². The van der Waals surface area contributed by atoms with Gasteiger partial charge in [-0.25, -0.2) is 9.97 Å². The molecule has 0 aromatic carbocycles. The highest BCUT2D eigenvalue weighted by atomic mass is 79.9. The number of carbonyl (C=O) groups excluding carboxylic acids is 1. The number of hydrogen-bond donors (Lipinski definition) is 1. The van der Waals surface area contributed by atoms with Crippen molar-refractivity contribution >= 4 is 27.6 Å². The van der Waals surface area contributed by atoms with Gasteiger partial charge >= 0.3 is 5.97 Å². The van der Waals surface area contributed by atoms with Gasteiger partial charge in [0.1, 0.15) is 6.73 Å². The fourth-order valence-electron chi connectivity index (χ4n) is 2.81. The van der Waals surface area contributed by atoms with E-state index >= 15 is 0 Å². The second-order valence-corrected chi connectivity index (χ2v) is 6.50. The molecule has 1 aromatic rings. The lowest BCUT2D eigenvalue weighted by atomic mass is 9.86. The van der Waals surface area contributed by atoms with Crippen LogP contribution in [0.15, 0.2) is 17.1 Å². The maximum atomic E-state index is 10.7. The van der Waals surface area contributed by atoms with Gasteiger partial charge in [-0.2, -0.15) is 0 Å². The van der Waals surface area contributed by atoms with Crippen LogP contribution >= 0.6 is 15.9 Å². The van der Waals surface area contributed by atoms with Crippen molar-refractivity contribution in [1.29, 1.82) is 0 Å². The van der Waals surface area contributed by atoms with E-state index in [9.17, 15) is 4.79 Å². The number of rotatable bonds is 6. The van der Waals surface area contributed by atoms with Gasteiger partial charge in [-0.1, -0.05) is 0 Å². The van der Waals surface area contributed by atoms with Gasteiger partial charge in [0.2, 0.25) is 0 Å². The molecule has 1 heterocycles. The van der Waals surface area contributed by atoms with Crippen LogP contribution in [-0.4, -0.2) is 42.3 Å². The lowest BCUT2D eigenvalue weighted by Crippen LogP contribution is -2.37. The maximum absolute atomic E-state index is 10.7. The van der Waals surface area contributed by atoms with Gasteiger partial charge in [0.25, 0.3) is 0 Å². The van der Waals surface area contributed by atoms with E-state index in [0.717, 1.165) is 25.1 Å². The third kappa shape index (κ3) is 5.53. The molecule has 1 aliphatic carbocycles. The Balaban J connectivity index is 1.70. The number of aromatic nitrogens is 2. The van der Waals surface area contributed by atoms with Crippen molar-refractivity contribution in [3.63, 3.8) is 0 Å². The first-order chi connectivity index (χ1) is 10.5. The van der Waals surface area contributed by atoms with Crippen LogP contribution in [0.3, 0.4) is 0 Å². The number of carbonyl (C=O) groups is 1. The molecule has 0 saturated heterocycles. The molecule has 2 rings (SSSR count). The molecule has 0 unspecified atom stereocenters. The number of hydrogen-bond acceptors (Lipinski definition) is 6. The summed E-state index contributed by atoms with van der Waals surface area (Å²) < 4.78 is 5.54. The summed E-state index contributed by atoms with van der Waals surface area (Å²) in [4.78, 5) is 21.3. The Kier molecular flexibility index (Phi) is 6.57. The molecule has 1 saturated carbocycles. The number of halogens is 1.